The number of aliphatic carboxylic acids is 1. The number of aryl methyl sites for hydroxylation is 1. The number of rotatable bonds is 7. The highest BCUT2D eigenvalue weighted by molar-refractivity contribution is 9.10. The van der Waals surface area contributed by atoms with Crippen LogP contribution in [0.2, 0.25) is 0 Å². The van der Waals surface area contributed by atoms with Gasteiger partial charge in [-0.05, 0) is 47.0 Å². The molecule has 6 heteroatoms. The summed E-state index contributed by atoms with van der Waals surface area (Å²) >= 11 is 3.35. The molecular formula is C14H18BrNO4. The molecule has 0 aliphatic heterocycles. The SMILES string of the molecule is CCCC(NC(=O)COc1ccc(C)cc1Br)C(=O)O. The van der Waals surface area contributed by atoms with Gasteiger partial charge in [0.25, 0.3) is 5.91 Å². The lowest BCUT2D eigenvalue weighted by Crippen LogP contribution is -2.42. The van der Waals surface area contributed by atoms with Gasteiger partial charge in [-0.3, -0.25) is 4.79 Å². The van der Waals surface area contributed by atoms with Crippen LogP contribution in [0.25, 0.3) is 0 Å². The average molecular weight is 344 g/mol. The van der Waals surface area contributed by atoms with Crippen molar-refractivity contribution in [2.75, 3.05) is 6.61 Å². The van der Waals surface area contributed by atoms with Gasteiger partial charge in [-0.1, -0.05) is 19.4 Å². The molecule has 0 saturated heterocycles. The Balaban J connectivity index is 2.52. The Kier molecular flexibility index (Phi) is 6.51. The lowest BCUT2D eigenvalue weighted by atomic mass is 10.2. The second-order valence-corrected chi connectivity index (χ2v) is 5.32. The molecule has 1 aromatic carbocycles. The lowest BCUT2D eigenvalue weighted by molar-refractivity contribution is -0.142. The standard InChI is InChI=1S/C14H18BrNO4/c1-3-4-11(14(18)19)16-13(17)8-20-12-6-5-9(2)7-10(12)15/h5-7,11H,3-4,8H2,1-2H3,(H,16,17)(H,18,19). The van der Waals surface area contributed by atoms with Crippen LogP contribution in [0, 0.1) is 6.92 Å². The average Bonchev–Trinajstić information content (AvgIpc) is 2.37. The predicted molar refractivity (Wildman–Crippen MR) is 78.8 cm³/mol. The summed E-state index contributed by atoms with van der Waals surface area (Å²) in [6, 6.07) is 4.64. The molecule has 20 heavy (non-hydrogen) atoms. The minimum atomic E-state index is -1.03. The molecule has 0 spiro atoms. The maximum absolute atomic E-state index is 11.7. The first-order chi connectivity index (χ1) is 9.43. The van der Waals surface area contributed by atoms with Gasteiger partial charge in [0, 0.05) is 0 Å². The molecule has 0 bridgehead atoms. The molecule has 1 amide bonds. The van der Waals surface area contributed by atoms with Gasteiger partial charge in [0.1, 0.15) is 11.8 Å². The molecule has 0 aromatic heterocycles. The normalized spacial score (nSPS) is 11.8. The van der Waals surface area contributed by atoms with E-state index in [1.807, 2.05) is 26.0 Å². The summed E-state index contributed by atoms with van der Waals surface area (Å²) in [6.07, 6.45) is 1.08. The van der Waals surface area contributed by atoms with Gasteiger partial charge in [0.2, 0.25) is 0 Å². The first-order valence-electron chi connectivity index (χ1n) is 6.35. The van der Waals surface area contributed by atoms with Crippen LogP contribution in [-0.4, -0.2) is 29.6 Å². The van der Waals surface area contributed by atoms with Crippen molar-refractivity contribution in [3.8, 4) is 5.75 Å². The summed E-state index contributed by atoms with van der Waals surface area (Å²) in [6.45, 7) is 3.60. The number of carbonyl (C=O) groups is 2. The van der Waals surface area contributed by atoms with Crippen molar-refractivity contribution in [1.82, 2.24) is 5.32 Å². The third-order valence-corrected chi connectivity index (χ3v) is 3.28. The summed E-state index contributed by atoms with van der Waals surface area (Å²) in [5.74, 6) is -0.928. The maximum Gasteiger partial charge on any atom is 0.326 e. The molecule has 0 heterocycles. The molecule has 1 rings (SSSR count). The first-order valence-corrected chi connectivity index (χ1v) is 7.14. The first kappa shape index (κ1) is 16.5. The number of amides is 1. The quantitative estimate of drug-likeness (QED) is 0.797. The molecule has 2 N–H and O–H groups in total. The van der Waals surface area contributed by atoms with Crippen molar-refractivity contribution in [3.05, 3.63) is 28.2 Å². The third-order valence-electron chi connectivity index (χ3n) is 2.66. The van der Waals surface area contributed by atoms with Gasteiger partial charge in [0.05, 0.1) is 4.47 Å². The fraction of sp³-hybridized carbons (Fsp3) is 0.429. The zero-order valence-electron chi connectivity index (χ0n) is 11.5. The summed E-state index contributed by atoms with van der Waals surface area (Å²) in [7, 11) is 0. The molecule has 0 aliphatic rings. The Bertz CT molecular complexity index is 490. The lowest BCUT2D eigenvalue weighted by Gasteiger charge is -2.14. The topological polar surface area (TPSA) is 75.6 Å². The van der Waals surface area contributed by atoms with Crippen molar-refractivity contribution in [1.29, 1.82) is 0 Å². The zero-order valence-corrected chi connectivity index (χ0v) is 13.1. The van der Waals surface area contributed by atoms with Crippen molar-refractivity contribution in [2.45, 2.75) is 32.7 Å². The number of benzene rings is 1. The highest BCUT2D eigenvalue weighted by atomic mass is 79.9. The van der Waals surface area contributed by atoms with Crippen LogP contribution in [0.5, 0.6) is 5.75 Å². The summed E-state index contributed by atoms with van der Waals surface area (Å²) in [5.41, 5.74) is 1.07. The number of carbonyl (C=O) groups excluding carboxylic acids is 1. The molecule has 110 valence electrons. The van der Waals surface area contributed by atoms with Crippen molar-refractivity contribution < 1.29 is 19.4 Å². The molecule has 1 aromatic rings. The van der Waals surface area contributed by atoms with E-state index >= 15 is 0 Å². The fourth-order valence-electron chi connectivity index (χ4n) is 1.65. The monoisotopic (exact) mass is 343 g/mol. The molecule has 0 radical (unpaired) electrons. The Labute approximate surface area is 126 Å². The highest BCUT2D eigenvalue weighted by Gasteiger charge is 2.19. The van der Waals surface area contributed by atoms with Gasteiger partial charge >= 0.3 is 5.97 Å². The van der Waals surface area contributed by atoms with E-state index in [9.17, 15) is 9.59 Å². The molecular weight excluding hydrogens is 326 g/mol. The van der Waals surface area contributed by atoms with Crippen molar-refractivity contribution in [2.24, 2.45) is 0 Å². The molecule has 0 fully saturated rings. The number of nitrogens with one attached hydrogen (secondary N) is 1. The summed E-state index contributed by atoms with van der Waals surface area (Å²) in [4.78, 5) is 22.6. The van der Waals surface area contributed by atoms with Crippen LogP contribution in [0.15, 0.2) is 22.7 Å². The van der Waals surface area contributed by atoms with Crippen LogP contribution in [0.1, 0.15) is 25.3 Å². The van der Waals surface area contributed by atoms with Crippen molar-refractivity contribution >= 4 is 27.8 Å². The predicted octanol–water partition coefficient (Wildman–Crippen LogP) is 2.51. The van der Waals surface area contributed by atoms with E-state index in [4.69, 9.17) is 9.84 Å². The fourth-order valence-corrected chi connectivity index (χ4v) is 2.26. The Hall–Kier alpha value is -1.56. The van der Waals surface area contributed by atoms with Gasteiger partial charge in [0.15, 0.2) is 6.61 Å². The number of halogens is 1. The second-order valence-electron chi connectivity index (χ2n) is 4.47. The largest absolute Gasteiger partial charge is 0.483 e. The number of hydrogen-bond donors (Lipinski definition) is 2. The summed E-state index contributed by atoms with van der Waals surface area (Å²) in [5, 5.41) is 11.4. The maximum atomic E-state index is 11.7. The van der Waals surface area contributed by atoms with E-state index in [1.165, 1.54) is 0 Å². The molecule has 1 atom stereocenters. The van der Waals surface area contributed by atoms with Crippen LogP contribution in [-0.2, 0) is 9.59 Å². The Morgan fingerprint density at radius 2 is 2.15 bits per heavy atom. The van der Waals surface area contributed by atoms with Crippen LogP contribution >= 0.6 is 15.9 Å². The van der Waals surface area contributed by atoms with Crippen LogP contribution < -0.4 is 10.1 Å². The number of ether oxygens (including phenoxy) is 1. The molecule has 5 nitrogen and oxygen atoms in total. The summed E-state index contributed by atoms with van der Waals surface area (Å²) < 4.78 is 6.12. The van der Waals surface area contributed by atoms with E-state index in [0.29, 0.717) is 18.6 Å². The number of carboxylic acid groups (broad SMARTS) is 1. The highest BCUT2D eigenvalue weighted by Crippen LogP contribution is 2.25. The van der Waals surface area contributed by atoms with E-state index in [-0.39, 0.29) is 6.61 Å². The second kappa shape index (κ2) is 7.89. The van der Waals surface area contributed by atoms with E-state index < -0.39 is 17.9 Å². The van der Waals surface area contributed by atoms with Gasteiger partial charge in [-0.2, -0.15) is 0 Å². The van der Waals surface area contributed by atoms with Crippen LogP contribution in [0.3, 0.4) is 0 Å². The number of carboxylic acids is 1. The van der Waals surface area contributed by atoms with Gasteiger partial charge in [-0.15, -0.1) is 0 Å². The Morgan fingerprint density at radius 3 is 2.70 bits per heavy atom. The van der Waals surface area contributed by atoms with E-state index in [0.717, 1.165) is 10.0 Å². The smallest absolute Gasteiger partial charge is 0.326 e. The molecule has 0 saturated carbocycles. The van der Waals surface area contributed by atoms with E-state index in [2.05, 4.69) is 21.2 Å². The van der Waals surface area contributed by atoms with Gasteiger partial charge in [-0.25, -0.2) is 4.79 Å². The third kappa shape index (κ3) is 5.21. The number of hydrogen-bond acceptors (Lipinski definition) is 3. The minimum Gasteiger partial charge on any atom is -0.483 e. The molecule has 0 aliphatic carbocycles. The van der Waals surface area contributed by atoms with Crippen molar-refractivity contribution in [3.63, 3.8) is 0 Å². The molecule has 1 unspecified atom stereocenters. The van der Waals surface area contributed by atoms with Crippen LogP contribution in [0.4, 0.5) is 0 Å². The van der Waals surface area contributed by atoms with E-state index in [1.54, 1.807) is 6.07 Å². The van der Waals surface area contributed by atoms with Gasteiger partial charge < -0.3 is 15.2 Å². The zero-order chi connectivity index (χ0) is 15.1. The minimum absolute atomic E-state index is 0.213. The Morgan fingerprint density at radius 1 is 1.45 bits per heavy atom.